The van der Waals surface area contributed by atoms with Gasteiger partial charge >= 0.3 is 0 Å². The molecule has 3 nitrogen and oxygen atoms in total. The first kappa shape index (κ1) is 15.1. The molecule has 2 N–H and O–H groups in total. The van der Waals surface area contributed by atoms with E-state index < -0.39 is 0 Å². The Balaban J connectivity index is 1.66. The Morgan fingerprint density at radius 1 is 1.09 bits per heavy atom. The topological polar surface area (TPSA) is 57.5 Å². The van der Waals surface area contributed by atoms with Gasteiger partial charge in [-0.2, -0.15) is 0 Å². The molecule has 0 spiro atoms. The molecule has 0 aromatic carbocycles. The van der Waals surface area contributed by atoms with E-state index in [1.165, 1.54) is 6.42 Å². The van der Waals surface area contributed by atoms with Crippen LogP contribution in [0.15, 0.2) is 0 Å². The van der Waals surface area contributed by atoms with E-state index in [4.69, 9.17) is 0 Å². The van der Waals surface area contributed by atoms with E-state index in [-0.39, 0.29) is 23.5 Å². The Morgan fingerprint density at radius 3 is 2.68 bits per heavy atom. The molecular weight excluding hydrogens is 276 g/mol. The monoisotopic (exact) mass is 306 g/mol. The van der Waals surface area contributed by atoms with E-state index in [0.717, 1.165) is 51.4 Å². The number of carbonyl (C=O) groups excluding carboxylic acids is 1. The summed E-state index contributed by atoms with van der Waals surface area (Å²) in [5.74, 6) is 2.74. The molecule has 0 aromatic heterocycles. The van der Waals surface area contributed by atoms with Crippen LogP contribution in [0.1, 0.15) is 64.7 Å². The standard InChI is InChI=1S/C19H30O3/c1-18-8-7-16-14(15(18)4-5-17(18)22)3-2-12-10-13(21)6-9-19(12,16)11-20/h12-16,20-21H,2-11H2,1H3/t12-,13-,14+,15+,16-,18+,19-/m1/s1. The number of carbonyl (C=O) groups is 1. The third-order valence-electron chi connectivity index (χ3n) is 8.34. The highest BCUT2D eigenvalue weighted by Crippen LogP contribution is 2.65. The predicted molar refractivity (Wildman–Crippen MR) is 84.2 cm³/mol. The van der Waals surface area contributed by atoms with Crippen molar-refractivity contribution in [2.24, 2.45) is 34.5 Å². The van der Waals surface area contributed by atoms with Gasteiger partial charge in [0.1, 0.15) is 5.78 Å². The van der Waals surface area contributed by atoms with Crippen molar-refractivity contribution in [3.05, 3.63) is 0 Å². The fraction of sp³-hybridized carbons (Fsp3) is 0.947. The summed E-state index contributed by atoms with van der Waals surface area (Å²) in [5, 5.41) is 20.4. The summed E-state index contributed by atoms with van der Waals surface area (Å²) in [6.07, 6.45) is 8.87. The molecule has 7 atom stereocenters. The summed E-state index contributed by atoms with van der Waals surface area (Å²) < 4.78 is 0. The summed E-state index contributed by atoms with van der Waals surface area (Å²) in [7, 11) is 0. The summed E-state index contributed by atoms with van der Waals surface area (Å²) in [6, 6.07) is 0. The fourth-order valence-electron chi connectivity index (χ4n) is 7.11. The van der Waals surface area contributed by atoms with Gasteiger partial charge < -0.3 is 10.2 Å². The van der Waals surface area contributed by atoms with Crippen LogP contribution in [0.3, 0.4) is 0 Å². The Kier molecular flexibility index (Phi) is 3.47. The van der Waals surface area contributed by atoms with Crippen molar-refractivity contribution in [3.63, 3.8) is 0 Å². The van der Waals surface area contributed by atoms with Crippen LogP contribution in [0.2, 0.25) is 0 Å². The van der Waals surface area contributed by atoms with Gasteiger partial charge in [0, 0.05) is 18.4 Å². The van der Waals surface area contributed by atoms with E-state index in [2.05, 4.69) is 6.92 Å². The lowest BCUT2D eigenvalue weighted by Crippen LogP contribution is -2.56. The molecular formula is C19H30O3. The van der Waals surface area contributed by atoms with Gasteiger partial charge in [-0.25, -0.2) is 0 Å². The molecule has 4 rings (SSSR count). The number of Topliss-reactive ketones (excluding diaryl/α,β-unsaturated/α-hetero) is 1. The fourth-order valence-corrected chi connectivity index (χ4v) is 7.11. The van der Waals surface area contributed by atoms with Gasteiger partial charge in [-0.1, -0.05) is 6.92 Å². The van der Waals surface area contributed by atoms with Gasteiger partial charge in [0.25, 0.3) is 0 Å². The van der Waals surface area contributed by atoms with Gasteiger partial charge in [0.15, 0.2) is 0 Å². The zero-order valence-electron chi connectivity index (χ0n) is 13.8. The lowest BCUT2D eigenvalue weighted by atomic mass is 9.45. The second kappa shape index (κ2) is 5.04. The second-order valence-corrected chi connectivity index (χ2v) is 8.89. The van der Waals surface area contributed by atoms with Crippen LogP contribution in [-0.4, -0.2) is 28.7 Å². The Labute approximate surface area is 133 Å². The molecule has 0 aliphatic heterocycles. The molecule has 0 radical (unpaired) electrons. The summed E-state index contributed by atoms with van der Waals surface area (Å²) in [6.45, 7) is 2.49. The van der Waals surface area contributed by atoms with Gasteiger partial charge in [-0.3, -0.25) is 4.79 Å². The number of ketones is 1. The maximum atomic E-state index is 12.4. The largest absolute Gasteiger partial charge is 0.396 e. The van der Waals surface area contributed by atoms with E-state index in [0.29, 0.717) is 29.5 Å². The molecule has 4 saturated carbocycles. The van der Waals surface area contributed by atoms with Gasteiger partial charge in [0.2, 0.25) is 0 Å². The Bertz CT molecular complexity index is 475. The first-order chi connectivity index (χ1) is 10.5. The highest BCUT2D eigenvalue weighted by molar-refractivity contribution is 5.87. The number of fused-ring (bicyclic) bond motifs is 5. The van der Waals surface area contributed by atoms with Crippen molar-refractivity contribution in [1.82, 2.24) is 0 Å². The molecule has 22 heavy (non-hydrogen) atoms. The van der Waals surface area contributed by atoms with Crippen molar-refractivity contribution < 1.29 is 15.0 Å². The molecule has 4 aliphatic carbocycles. The Morgan fingerprint density at radius 2 is 1.91 bits per heavy atom. The lowest BCUT2D eigenvalue weighted by molar-refractivity contribution is -0.156. The van der Waals surface area contributed by atoms with Crippen LogP contribution in [0.25, 0.3) is 0 Å². The Hall–Kier alpha value is -0.410. The van der Waals surface area contributed by atoms with Crippen LogP contribution < -0.4 is 0 Å². The normalized spacial score (nSPS) is 54.5. The maximum Gasteiger partial charge on any atom is 0.139 e. The smallest absolute Gasteiger partial charge is 0.139 e. The third kappa shape index (κ3) is 1.84. The molecule has 0 heterocycles. The molecule has 0 bridgehead atoms. The third-order valence-corrected chi connectivity index (χ3v) is 8.34. The molecule has 0 unspecified atom stereocenters. The molecule has 4 fully saturated rings. The van der Waals surface area contributed by atoms with Crippen molar-refractivity contribution >= 4 is 5.78 Å². The average Bonchev–Trinajstić information content (AvgIpc) is 2.82. The van der Waals surface area contributed by atoms with E-state index in [1.807, 2.05) is 0 Å². The highest BCUT2D eigenvalue weighted by Gasteiger charge is 2.61. The summed E-state index contributed by atoms with van der Waals surface area (Å²) >= 11 is 0. The van der Waals surface area contributed by atoms with Crippen LogP contribution >= 0.6 is 0 Å². The van der Waals surface area contributed by atoms with Crippen LogP contribution in [0.4, 0.5) is 0 Å². The van der Waals surface area contributed by atoms with Crippen LogP contribution in [0.5, 0.6) is 0 Å². The quantitative estimate of drug-likeness (QED) is 0.783. The molecule has 4 aliphatic rings. The lowest BCUT2D eigenvalue weighted by Gasteiger charge is -2.60. The first-order valence-corrected chi connectivity index (χ1v) is 9.33. The minimum atomic E-state index is -0.164. The second-order valence-electron chi connectivity index (χ2n) is 8.89. The minimum Gasteiger partial charge on any atom is -0.396 e. The predicted octanol–water partition coefficient (Wildman–Crippen LogP) is 2.93. The number of aliphatic hydroxyl groups is 2. The van der Waals surface area contributed by atoms with Crippen LogP contribution in [-0.2, 0) is 4.79 Å². The molecule has 0 saturated heterocycles. The zero-order chi connectivity index (χ0) is 15.5. The number of aliphatic hydroxyl groups excluding tert-OH is 2. The van der Waals surface area contributed by atoms with Gasteiger partial charge in [-0.05, 0) is 80.5 Å². The zero-order valence-corrected chi connectivity index (χ0v) is 13.8. The van der Waals surface area contributed by atoms with E-state index in [9.17, 15) is 15.0 Å². The van der Waals surface area contributed by atoms with E-state index >= 15 is 0 Å². The first-order valence-electron chi connectivity index (χ1n) is 9.33. The molecule has 3 heteroatoms. The van der Waals surface area contributed by atoms with Crippen molar-refractivity contribution in [1.29, 1.82) is 0 Å². The van der Waals surface area contributed by atoms with Crippen molar-refractivity contribution in [2.75, 3.05) is 6.61 Å². The number of hydrogen-bond acceptors (Lipinski definition) is 3. The summed E-state index contributed by atoms with van der Waals surface area (Å²) in [4.78, 5) is 12.4. The highest BCUT2D eigenvalue weighted by atomic mass is 16.3. The maximum absolute atomic E-state index is 12.4. The van der Waals surface area contributed by atoms with Crippen molar-refractivity contribution in [3.8, 4) is 0 Å². The molecule has 124 valence electrons. The molecule has 0 amide bonds. The van der Waals surface area contributed by atoms with Gasteiger partial charge in [-0.15, -0.1) is 0 Å². The number of hydrogen-bond donors (Lipinski definition) is 2. The molecule has 0 aromatic rings. The SMILES string of the molecule is C[C@]12CC[C@@H]3[C@@H](CC[C@@H]4C[C@H](O)CC[C@@]43CO)[C@@H]1CCC2=O. The average molecular weight is 306 g/mol. The minimum absolute atomic E-state index is 0.0368. The van der Waals surface area contributed by atoms with Crippen LogP contribution in [0, 0.1) is 34.5 Å². The summed E-state index contributed by atoms with van der Waals surface area (Å²) in [5.41, 5.74) is -0.0338. The van der Waals surface area contributed by atoms with Crippen molar-refractivity contribution in [2.45, 2.75) is 70.8 Å². The van der Waals surface area contributed by atoms with Gasteiger partial charge in [0.05, 0.1) is 6.10 Å². The number of rotatable bonds is 1. The van der Waals surface area contributed by atoms with E-state index in [1.54, 1.807) is 0 Å².